The summed E-state index contributed by atoms with van der Waals surface area (Å²) < 4.78 is 12.6. The molecule has 0 saturated carbocycles. The zero-order valence-corrected chi connectivity index (χ0v) is 15.1. The van der Waals surface area contributed by atoms with Gasteiger partial charge >= 0.3 is 0 Å². The summed E-state index contributed by atoms with van der Waals surface area (Å²) >= 11 is 1.25. The molecule has 0 spiro atoms. The van der Waals surface area contributed by atoms with E-state index in [1.54, 1.807) is 39.2 Å². The number of hydrogen-bond acceptors (Lipinski definition) is 3. The minimum absolute atomic E-state index is 0.111. The van der Waals surface area contributed by atoms with Crippen LogP contribution in [0.15, 0.2) is 53.4 Å². The Kier molecular flexibility index (Phi) is 4.56. The van der Waals surface area contributed by atoms with Gasteiger partial charge in [0.05, 0.1) is 5.69 Å². The van der Waals surface area contributed by atoms with Crippen molar-refractivity contribution in [2.75, 3.05) is 19.0 Å². The number of nitrogens with zero attached hydrogens (tertiary/aromatic N) is 2. The van der Waals surface area contributed by atoms with Gasteiger partial charge in [0, 0.05) is 31.1 Å². The fourth-order valence-corrected chi connectivity index (χ4v) is 4.33. The van der Waals surface area contributed by atoms with E-state index in [1.807, 2.05) is 24.3 Å². The maximum atomic E-state index is 13.9. The van der Waals surface area contributed by atoms with Gasteiger partial charge in [-0.05, 0) is 25.1 Å². The minimum Gasteiger partial charge on any atom is -0.340 e. The third-order valence-corrected chi connectivity index (χ3v) is 5.70. The Balaban J connectivity index is 1.88. The molecule has 0 N–H and O–H groups in total. The Morgan fingerprint density at radius 2 is 1.84 bits per heavy atom. The molecule has 1 aliphatic rings. The maximum absolute atomic E-state index is 13.9. The van der Waals surface area contributed by atoms with Crippen LogP contribution in [0, 0.1) is 5.82 Å². The summed E-state index contributed by atoms with van der Waals surface area (Å²) in [5.41, 5.74) is 1.21. The summed E-state index contributed by atoms with van der Waals surface area (Å²) in [7, 11) is 3.26. The van der Waals surface area contributed by atoms with Gasteiger partial charge in [-0.1, -0.05) is 42.1 Å². The van der Waals surface area contributed by atoms with E-state index in [-0.39, 0.29) is 24.2 Å². The van der Waals surface area contributed by atoms with Gasteiger partial charge in [0.1, 0.15) is 5.82 Å². The van der Waals surface area contributed by atoms with E-state index in [1.165, 1.54) is 27.6 Å². The highest BCUT2D eigenvalue weighted by Crippen LogP contribution is 2.45. The van der Waals surface area contributed by atoms with Crippen molar-refractivity contribution in [3.63, 3.8) is 0 Å². The average molecular weight is 358 g/mol. The zero-order valence-electron chi connectivity index (χ0n) is 14.3. The third-order valence-electron chi connectivity index (χ3n) is 4.37. The Bertz CT molecular complexity index is 842. The smallest absolute Gasteiger partial charge is 0.252 e. The normalized spacial score (nSPS) is 19.5. The molecule has 130 valence electrons. The highest BCUT2D eigenvalue weighted by Gasteiger charge is 2.49. The monoisotopic (exact) mass is 358 g/mol. The number of fused-ring (bicyclic) bond motifs is 1. The standard InChI is InChI=1S/C19H19FN2O2S/c1-19(17(23)21(2)12-13-8-4-5-9-14(13)20)18(24)22(3)15-10-6-7-11-16(15)25-19/h4-11H,12H2,1-3H3. The summed E-state index contributed by atoms with van der Waals surface area (Å²) in [6.45, 7) is 1.74. The van der Waals surface area contributed by atoms with Crippen molar-refractivity contribution in [2.24, 2.45) is 0 Å². The second-order valence-corrected chi connectivity index (χ2v) is 7.68. The van der Waals surface area contributed by atoms with Crippen molar-refractivity contribution in [3.05, 3.63) is 59.9 Å². The largest absolute Gasteiger partial charge is 0.340 e. The molecule has 4 nitrogen and oxygen atoms in total. The first-order valence-corrected chi connectivity index (χ1v) is 8.71. The lowest BCUT2D eigenvalue weighted by atomic mass is 10.1. The topological polar surface area (TPSA) is 40.6 Å². The van der Waals surface area contributed by atoms with E-state index in [0.29, 0.717) is 5.56 Å². The second-order valence-electron chi connectivity index (χ2n) is 6.22. The molecule has 3 rings (SSSR count). The number of rotatable bonds is 3. The molecule has 0 aliphatic carbocycles. The lowest BCUT2D eigenvalue weighted by molar-refractivity contribution is -0.137. The van der Waals surface area contributed by atoms with E-state index in [0.717, 1.165) is 10.6 Å². The molecule has 1 aliphatic heterocycles. The molecule has 0 saturated heterocycles. The molecule has 0 fully saturated rings. The Morgan fingerprint density at radius 3 is 2.56 bits per heavy atom. The van der Waals surface area contributed by atoms with Gasteiger partial charge in [0.15, 0.2) is 4.75 Å². The van der Waals surface area contributed by atoms with Crippen LogP contribution in [0.3, 0.4) is 0 Å². The molecule has 2 amide bonds. The molecule has 1 unspecified atom stereocenters. The summed E-state index contributed by atoms with van der Waals surface area (Å²) in [5, 5.41) is 0. The molecule has 1 heterocycles. The van der Waals surface area contributed by atoms with Crippen molar-refractivity contribution in [3.8, 4) is 0 Å². The first-order valence-electron chi connectivity index (χ1n) is 7.90. The molecular formula is C19H19FN2O2S. The minimum atomic E-state index is -1.27. The number of para-hydroxylation sites is 1. The third kappa shape index (κ3) is 3.02. The van der Waals surface area contributed by atoms with Gasteiger partial charge in [0.25, 0.3) is 5.91 Å². The van der Waals surface area contributed by atoms with Crippen LogP contribution in [-0.2, 0) is 16.1 Å². The summed E-state index contributed by atoms with van der Waals surface area (Å²) in [4.78, 5) is 29.7. The predicted molar refractivity (Wildman–Crippen MR) is 97.0 cm³/mol. The average Bonchev–Trinajstić information content (AvgIpc) is 2.61. The lowest BCUT2D eigenvalue weighted by Crippen LogP contribution is -2.55. The van der Waals surface area contributed by atoms with Crippen molar-refractivity contribution < 1.29 is 14.0 Å². The molecule has 0 aromatic heterocycles. The van der Waals surface area contributed by atoms with Crippen molar-refractivity contribution in [2.45, 2.75) is 23.1 Å². The molecule has 2 aromatic rings. The number of carbonyl (C=O) groups is 2. The number of hydrogen-bond donors (Lipinski definition) is 0. The van der Waals surface area contributed by atoms with E-state index in [4.69, 9.17) is 0 Å². The second kappa shape index (κ2) is 6.52. The number of anilines is 1. The Morgan fingerprint density at radius 1 is 1.20 bits per heavy atom. The number of benzene rings is 2. The predicted octanol–water partition coefficient (Wildman–Crippen LogP) is 3.31. The number of halogens is 1. The van der Waals surface area contributed by atoms with Gasteiger partial charge in [-0.2, -0.15) is 0 Å². The highest BCUT2D eigenvalue weighted by atomic mass is 32.2. The van der Waals surface area contributed by atoms with Crippen LogP contribution in [0.1, 0.15) is 12.5 Å². The van der Waals surface area contributed by atoms with Crippen LogP contribution >= 0.6 is 11.8 Å². The molecule has 2 aromatic carbocycles. The number of amides is 2. The van der Waals surface area contributed by atoms with Crippen LogP contribution in [0.25, 0.3) is 0 Å². The van der Waals surface area contributed by atoms with E-state index in [2.05, 4.69) is 0 Å². The summed E-state index contributed by atoms with van der Waals surface area (Å²) in [6, 6.07) is 13.8. The first-order chi connectivity index (χ1) is 11.8. The van der Waals surface area contributed by atoms with Crippen LogP contribution in [0.4, 0.5) is 10.1 Å². The Hall–Kier alpha value is -2.34. The highest BCUT2D eigenvalue weighted by molar-refractivity contribution is 8.02. The molecule has 0 bridgehead atoms. The summed E-state index contributed by atoms with van der Waals surface area (Å²) in [6.07, 6.45) is 0. The number of thioether (sulfide) groups is 1. The zero-order chi connectivity index (χ0) is 18.2. The SMILES string of the molecule is CN(Cc1ccccc1F)C(=O)C1(C)Sc2ccccc2N(C)C1=O. The van der Waals surface area contributed by atoms with Gasteiger partial charge in [-0.3, -0.25) is 9.59 Å². The molecule has 1 atom stereocenters. The molecule has 6 heteroatoms. The van der Waals surface area contributed by atoms with Crippen LogP contribution in [0.5, 0.6) is 0 Å². The number of carbonyl (C=O) groups excluding carboxylic acids is 2. The maximum Gasteiger partial charge on any atom is 0.252 e. The van der Waals surface area contributed by atoms with Crippen molar-refractivity contribution in [1.29, 1.82) is 0 Å². The lowest BCUT2D eigenvalue weighted by Gasteiger charge is -2.38. The van der Waals surface area contributed by atoms with Gasteiger partial charge < -0.3 is 9.80 Å². The first kappa shape index (κ1) is 17.5. The van der Waals surface area contributed by atoms with Crippen LogP contribution in [-0.4, -0.2) is 35.6 Å². The van der Waals surface area contributed by atoms with E-state index in [9.17, 15) is 14.0 Å². The van der Waals surface area contributed by atoms with Crippen molar-refractivity contribution in [1.82, 2.24) is 4.90 Å². The fraction of sp³-hybridized carbons (Fsp3) is 0.263. The van der Waals surface area contributed by atoms with Gasteiger partial charge in [-0.15, -0.1) is 0 Å². The van der Waals surface area contributed by atoms with Crippen LogP contribution < -0.4 is 4.90 Å². The van der Waals surface area contributed by atoms with E-state index >= 15 is 0 Å². The molecule has 0 radical (unpaired) electrons. The summed E-state index contributed by atoms with van der Waals surface area (Å²) in [5.74, 6) is -0.980. The van der Waals surface area contributed by atoms with Crippen LogP contribution in [0.2, 0.25) is 0 Å². The van der Waals surface area contributed by atoms with Gasteiger partial charge in [0.2, 0.25) is 5.91 Å². The quantitative estimate of drug-likeness (QED) is 0.791. The van der Waals surface area contributed by atoms with Crippen molar-refractivity contribution >= 4 is 29.3 Å². The van der Waals surface area contributed by atoms with E-state index < -0.39 is 4.75 Å². The van der Waals surface area contributed by atoms with Gasteiger partial charge in [-0.25, -0.2) is 4.39 Å². The molecule has 25 heavy (non-hydrogen) atoms. The fourth-order valence-electron chi connectivity index (χ4n) is 2.97. The Labute approximate surface area is 150 Å². The molecular weight excluding hydrogens is 339 g/mol.